The molecule has 0 radical (unpaired) electrons. The van der Waals surface area contributed by atoms with E-state index in [1.54, 1.807) is 0 Å². The molecular weight excluding hydrogens is 268 g/mol. The first-order valence-electron chi connectivity index (χ1n) is 6.73. The molecule has 5 heteroatoms. The highest BCUT2D eigenvalue weighted by atomic mass is 32.1. The van der Waals surface area contributed by atoms with Crippen LogP contribution in [0.1, 0.15) is 24.9 Å². The van der Waals surface area contributed by atoms with Gasteiger partial charge in [0.15, 0.2) is 4.77 Å². The normalized spacial score (nSPS) is 11.1. The zero-order valence-electron chi connectivity index (χ0n) is 11.6. The lowest BCUT2D eigenvalue weighted by atomic mass is 10.1. The highest BCUT2D eigenvalue weighted by Crippen LogP contribution is 2.22. The average Bonchev–Trinajstić information content (AvgIpc) is 2.80. The Hall–Kier alpha value is -2.01. The number of aromatic nitrogens is 4. The van der Waals surface area contributed by atoms with Crippen molar-refractivity contribution in [2.75, 3.05) is 0 Å². The van der Waals surface area contributed by atoms with E-state index < -0.39 is 0 Å². The van der Waals surface area contributed by atoms with Crippen molar-refractivity contribution in [3.63, 3.8) is 0 Å². The number of H-pyrrole nitrogens is 1. The molecule has 0 unspecified atom stereocenters. The molecule has 3 rings (SSSR count). The van der Waals surface area contributed by atoms with E-state index in [0.29, 0.717) is 4.77 Å². The molecule has 0 atom stereocenters. The monoisotopic (exact) mass is 284 g/mol. The molecule has 2 heterocycles. The highest BCUT2D eigenvalue weighted by Gasteiger charge is 2.11. The Balaban J connectivity index is 2.32. The first-order chi connectivity index (χ1) is 9.70. The van der Waals surface area contributed by atoms with Crippen molar-refractivity contribution in [3.8, 4) is 5.69 Å². The van der Waals surface area contributed by atoms with Crippen LogP contribution in [0.25, 0.3) is 16.6 Å². The van der Waals surface area contributed by atoms with Gasteiger partial charge in [-0.1, -0.05) is 25.1 Å². The first-order valence-corrected chi connectivity index (χ1v) is 7.14. The van der Waals surface area contributed by atoms with E-state index in [4.69, 9.17) is 12.2 Å². The molecule has 1 N–H and O–H groups in total. The molecule has 102 valence electrons. The topological polar surface area (TPSA) is 46.5 Å². The standard InChI is InChI=1S/C15H16N4S/c1-3-5-13-17-18-15(20)19(13)12-7-4-6-11-9-8-10(2)16-14(11)12/h4,6-9H,3,5H2,1-2H3,(H,18,20). The highest BCUT2D eigenvalue weighted by molar-refractivity contribution is 7.71. The van der Waals surface area contributed by atoms with Crippen molar-refractivity contribution in [1.29, 1.82) is 0 Å². The molecule has 0 saturated carbocycles. The maximum absolute atomic E-state index is 5.38. The summed E-state index contributed by atoms with van der Waals surface area (Å²) < 4.78 is 2.61. The zero-order valence-corrected chi connectivity index (χ0v) is 12.4. The second-order valence-electron chi connectivity index (χ2n) is 4.83. The number of pyridine rings is 1. The van der Waals surface area contributed by atoms with E-state index in [0.717, 1.165) is 41.0 Å². The van der Waals surface area contributed by atoms with E-state index in [-0.39, 0.29) is 0 Å². The van der Waals surface area contributed by atoms with E-state index >= 15 is 0 Å². The summed E-state index contributed by atoms with van der Waals surface area (Å²) in [6.45, 7) is 4.13. The molecule has 4 nitrogen and oxygen atoms in total. The van der Waals surface area contributed by atoms with Crippen molar-refractivity contribution in [3.05, 3.63) is 46.6 Å². The number of nitrogens with zero attached hydrogens (tertiary/aromatic N) is 3. The molecule has 3 aromatic rings. The number of aryl methyl sites for hydroxylation is 2. The molecular formula is C15H16N4S. The minimum Gasteiger partial charge on any atom is -0.270 e. The van der Waals surface area contributed by atoms with Crippen LogP contribution in [0.2, 0.25) is 0 Å². The lowest BCUT2D eigenvalue weighted by molar-refractivity contribution is 0.802. The smallest absolute Gasteiger partial charge is 0.199 e. The molecule has 0 fully saturated rings. The lowest BCUT2D eigenvalue weighted by Crippen LogP contribution is -2.03. The predicted octanol–water partition coefficient (Wildman–Crippen LogP) is 3.74. The average molecular weight is 284 g/mol. The Morgan fingerprint density at radius 1 is 1.25 bits per heavy atom. The summed E-state index contributed by atoms with van der Waals surface area (Å²) in [5, 5.41) is 8.33. The molecule has 0 aliphatic carbocycles. The van der Waals surface area contributed by atoms with Gasteiger partial charge in [0.2, 0.25) is 0 Å². The summed E-state index contributed by atoms with van der Waals surface area (Å²) in [4.78, 5) is 4.67. The fourth-order valence-electron chi connectivity index (χ4n) is 2.38. The third kappa shape index (κ3) is 2.14. The van der Waals surface area contributed by atoms with Gasteiger partial charge in [0, 0.05) is 17.5 Å². The van der Waals surface area contributed by atoms with Crippen molar-refractivity contribution >= 4 is 23.1 Å². The molecule has 0 amide bonds. The van der Waals surface area contributed by atoms with Gasteiger partial charge in [0.25, 0.3) is 0 Å². The van der Waals surface area contributed by atoms with E-state index in [9.17, 15) is 0 Å². The Labute approximate surface area is 122 Å². The number of fused-ring (bicyclic) bond motifs is 1. The first kappa shape index (κ1) is 13.0. The summed E-state index contributed by atoms with van der Waals surface area (Å²) in [7, 11) is 0. The maximum atomic E-state index is 5.38. The van der Waals surface area contributed by atoms with Gasteiger partial charge < -0.3 is 0 Å². The van der Waals surface area contributed by atoms with Crippen LogP contribution in [0, 0.1) is 11.7 Å². The Kier molecular flexibility index (Phi) is 3.36. The predicted molar refractivity (Wildman–Crippen MR) is 82.8 cm³/mol. The van der Waals surface area contributed by atoms with Crippen molar-refractivity contribution in [1.82, 2.24) is 19.7 Å². The second-order valence-corrected chi connectivity index (χ2v) is 5.22. The quantitative estimate of drug-likeness (QED) is 0.745. The number of nitrogens with one attached hydrogen (secondary N) is 1. The van der Waals surface area contributed by atoms with E-state index in [2.05, 4.69) is 34.2 Å². The number of rotatable bonds is 3. The van der Waals surface area contributed by atoms with Gasteiger partial charge in [0.05, 0.1) is 11.2 Å². The Morgan fingerprint density at radius 2 is 2.10 bits per heavy atom. The summed E-state index contributed by atoms with van der Waals surface area (Å²) in [5.74, 6) is 0.952. The van der Waals surface area contributed by atoms with Gasteiger partial charge in [-0.25, -0.2) is 0 Å². The zero-order chi connectivity index (χ0) is 14.1. The second kappa shape index (κ2) is 5.17. The lowest BCUT2D eigenvalue weighted by Gasteiger charge is -2.09. The summed E-state index contributed by atoms with van der Waals surface area (Å²) >= 11 is 5.38. The summed E-state index contributed by atoms with van der Waals surface area (Å²) in [5.41, 5.74) is 2.95. The fourth-order valence-corrected chi connectivity index (χ4v) is 2.63. The van der Waals surface area contributed by atoms with E-state index in [1.165, 1.54) is 0 Å². The van der Waals surface area contributed by atoms with Gasteiger partial charge in [-0.3, -0.25) is 14.6 Å². The van der Waals surface area contributed by atoms with Gasteiger partial charge in [-0.15, -0.1) is 0 Å². The van der Waals surface area contributed by atoms with Crippen molar-refractivity contribution in [2.45, 2.75) is 26.7 Å². The molecule has 0 spiro atoms. The minimum atomic E-state index is 0.615. The number of benzene rings is 1. The van der Waals surface area contributed by atoms with Crippen LogP contribution >= 0.6 is 12.2 Å². The van der Waals surface area contributed by atoms with E-state index in [1.807, 2.05) is 29.7 Å². The summed E-state index contributed by atoms with van der Waals surface area (Å²) in [6, 6.07) is 10.2. The fraction of sp³-hybridized carbons (Fsp3) is 0.267. The summed E-state index contributed by atoms with van der Waals surface area (Å²) in [6.07, 6.45) is 1.91. The van der Waals surface area contributed by atoms with Crippen LogP contribution in [0.4, 0.5) is 0 Å². The van der Waals surface area contributed by atoms with Crippen molar-refractivity contribution < 1.29 is 0 Å². The maximum Gasteiger partial charge on any atom is 0.199 e. The minimum absolute atomic E-state index is 0.615. The molecule has 2 aromatic heterocycles. The molecule has 0 aliphatic heterocycles. The molecule has 0 bridgehead atoms. The third-order valence-electron chi connectivity index (χ3n) is 3.29. The number of hydrogen-bond donors (Lipinski definition) is 1. The molecule has 1 aromatic carbocycles. The molecule has 0 aliphatic rings. The van der Waals surface area contributed by atoms with Gasteiger partial charge in [0.1, 0.15) is 5.82 Å². The van der Waals surface area contributed by atoms with Gasteiger partial charge >= 0.3 is 0 Å². The Morgan fingerprint density at radius 3 is 2.90 bits per heavy atom. The molecule has 20 heavy (non-hydrogen) atoms. The van der Waals surface area contributed by atoms with Crippen molar-refractivity contribution in [2.24, 2.45) is 0 Å². The third-order valence-corrected chi connectivity index (χ3v) is 3.57. The van der Waals surface area contributed by atoms with Crippen LogP contribution in [0.3, 0.4) is 0 Å². The van der Waals surface area contributed by atoms with Gasteiger partial charge in [-0.05, 0) is 37.7 Å². The van der Waals surface area contributed by atoms with Crippen LogP contribution < -0.4 is 0 Å². The van der Waals surface area contributed by atoms with Crippen LogP contribution in [0.5, 0.6) is 0 Å². The largest absolute Gasteiger partial charge is 0.270 e. The molecule has 0 saturated heterocycles. The number of aromatic amines is 1. The SMILES string of the molecule is CCCc1n[nH]c(=S)n1-c1cccc2ccc(C)nc12. The van der Waals surface area contributed by atoms with Crippen LogP contribution in [-0.2, 0) is 6.42 Å². The number of hydrogen-bond acceptors (Lipinski definition) is 3. The Bertz CT molecular complexity index is 816. The van der Waals surface area contributed by atoms with Crippen LogP contribution in [-0.4, -0.2) is 19.7 Å². The van der Waals surface area contributed by atoms with Gasteiger partial charge in [-0.2, -0.15) is 5.10 Å². The van der Waals surface area contributed by atoms with Crippen LogP contribution in [0.15, 0.2) is 30.3 Å². The number of para-hydroxylation sites is 1.